The molecule has 4 heterocycles. The van der Waals surface area contributed by atoms with Gasteiger partial charge in [0.2, 0.25) is 0 Å². The quantitative estimate of drug-likeness (QED) is 0.735. The number of piperazine rings is 2. The fraction of sp³-hybridized carbons (Fsp3) is 0.522. The van der Waals surface area contributed by atoms with Gasteiger partial charge in [-0.1, -0.05) is 12.1 Å². The van der Waals surface area contributed by atoms with E-state index in [1.54, 1.807) is 11.1 Å². The second-order valence-electron chi connectivity index (χ2n) is 8.57. The highest BCUT2D eigenvalue weighted by Crippen LogP contribution is 2.15. The Morgan fingerprint density at radius 3 is 1.78 bits per heavy atom. The first-order valence-corrected chi connectivity index (χ1v) is 10.9. The molecule has 1 amide bonds. The van der Waals surface area contributed by atoms with E-state index >= 15 is 0 Å². The highest BCUT2D eigenvalue weighted by Gasteiger charge is 2.26. The van der Waals surface area contributed by atoms with E-state index in [1.165, 1.54) is 0 Å². The molecule has 2 aromatic heterocycles. The molecule has 0 spiro atoms. The van der Waals surface area contributed by atoms with Crippen molar-refractivity contribution in [3.05, 3.63) is 48.8 Å². The number of hydrogen-bond acceptors (Lipinski definition) is 7. The smallest absolute Gasteiger partial charge is 0.410 e. The zero-order chi connectivity index (χ0) is 22.1. The van der Waals surface area contributed by atoms with Crippen LogP contribution in [0.15, 0.2) is 48.8 Å². The van der Waals surface area contributed by atoms with Gasteiger partial charge in [-0.2, -0.15) is 0 Å². The van der Waals surface area contributed by atoms with Gasteiger partial charge in [-0.3, -0.25) is 0 Å². The molecule has 0 atom stereocenters. The second-order valence-corrected chi connectivity index (χ2v) is 8.57. The highest BCUT2D eigenvalue weighted by molar-refractivity contribution is 5.85. The molecule has 176 valence electrons. The maximum atomic E-state index is 11.9. The number of hydrogen-bond donors (Lipinski definition) is 1. The maximum Gasteiger partial charge on any atom is 0.410 e. The summed E-state index contributed by atoms with van der Waals surface area (Å²) < 4.78 is 5.37. The van der Waals surface area contributed by atoms with Crippen molar-refractivity contribution < 1.29 is 9.53 Å². The van der Waals surface area contributed by atoms with E-state index in [9.17, 15) is 4.79 Å². The van der Waals surface area contributed by atoms with Gasteiger partial charge in [-0.25, -0.2) is 14.8 Å². The van der Waals surface area contributed by atoms with Gasteiger partial charge in [0.15, 0.2) is 0 Å². The average Bonchev–Trinajstić information content (AvgIpc) is 2.80. The van der Waals surface area contributed by atoms with Gasteiger partial charge in [0, 0.05) is 64.8 Å². The van der Waals surface area contributed by atoms with Crippen LogP contribution in [0.1, 0.15) is 20.8 Å². The van der Waals surface area contributed by atoms with Gasteiger partial charge in [0.1, 0.15) is 17.2 Å². The Bertz CT molecular complexity index is 789. The molecule has 2 saturated heterocycles. The topological polar surface area (TPSA) is 73.8 Å². The molecule has 0 aliphatic carbocycles. The standard InChI is InChI=1S/C14H21N3O2.C9H13N3.ClH/c1-14(2,3)19-13(18)17-10-8-16(9-11-17)12-6-4-5-7-15-12;1-2-4-11-9(3-1)12-7-5-10-6-8-12;/h4-7H,8-11H2,1-3H3;1-4,10H,5-8H2;1H. The van der Waals surface area contributed by atoms with Crippen LogP contribution in [-0.4, -0.2) is 78.9 Å². The van der Waals surface area contributed by atoms with Crippen LogP contribution in [0, 0.1) is 0 Å². The lowest BCUT2D eigenvalue weighted by Crippen LogP contribution is -2.50. The Labute approximate surface area is 197 Å². The molecule has 2 fully saturated rings. The van der Waals surface area contributed by atoms with Gasteiger partial charge < -0.3 is 24.8 Å². The number of ether oxygens (including phenoxy) is 1. The zero-order valence-corrected chi connectivity index (χ0v) is 20.1. The van der Waals surface area contributed by atoms with Crippen molar-refractivity contribution in [3.63, 3.8) is 0 Å². The fourth-order valence-electron chi connectivity index (χ4n) is 3.42. The first-order chi connectivity index (χ1) is 14.9. The molecule has 0 radical (unpaired) electrons. The zero-order valence-electron chi connectivity index (χ0n) is 19.2. The third-order valence-corrected chi connectivity index (χ3v) is 4.99. The highest BCUT2D eigenvalue weighted by atomic mass is 35.5. The van der Waals surface area contributed by atoms with Crippen LogP contribution >= 0.6 is 12.4 Å². The monoisotopic (exact) mass is 462 g/mol. The number of nitrogens with zero attached hydrogens (tertiary/aromatic N) is 5. The number of rotatable bonds is 2. The Hall–Kier alpha value is -2.58. The normalized spacial score (nSPS) is 16.4. The van der Waals surface area contributed by atoms with Gasteiger partial charge >= 0.3 is 6.09 Å². The van der Waals surface area contributed by atoms with Gasteiger partial charge in [-0.05, 0) is 45.0 Å². The maximum absolute atomic E-state index is 11.9. The molecule has 0 aromatic carbocycles. The molecule has 8 nitrogen and oxygen atoms in total. The minimum absolute atomic E-state index is 0. The number of halogens is 1. The molecule has 9 heteroatoms. The molecule has 1 N–H and O–H groups in total. The summed E-state index contributed by atoms with van der Waals surface area (Å²) in [6.07, 6.45) is 3.40. The van der Waals surface area contributed by atoms with E-state index in [0.29, 0.717) is 13.1 Å². The number of aromatic nitrogens is 2. The van der Waals surface area contributed by atoms with E-state index < -0.39 is 5.60 Å². The van der Waals surface area contributed by atoms with E-state index in [0.717, 1.165) is 50.9 Å². The third-order valence-electron chi connectivity index (χ3n) is 4.99. The van der Waals surface area contributed by atoms with Crippen molar-refractivity contribution in [1.29, 1.82) is 0 Å². The predicted molar refractivity (Wildman–Crippen MR) is 131 cm³/mol. The molecule has 0 saturated carbocycles. The van der Waals surface area contributed by atoms with Gasteiger partial charge in [0.25, 0.3) is 0 Å². The van der Waals surface area contributed by atoms with Crippen LogP contribution in [-0.2, 0) is 4.74 Å². The molecule has 0 unspecified atom stereocenters. The van der Waals surface area contributed by atoms with Crippen molar-refractivity contribution in [2.24, 2.45) is 0 Å². The van der Waals surface area contributed by atoms with Crippen molar-refractivity contribution in [3.8, 4) is 0 Å². The molecule has 4 rings (SSSR count). The summed E-state index contributed by atoms with van der Waals surface area (Å²) in [6, 6.07) is 11.9. The van der Waals surface area contributed by atoms with Crippen LogP contribution in [0.5, 0.6) is 0 Å². The SMILES string of the molecule is CC(C)(C)OC(=O)N1CCN(c2ccccn2)CC1.Cl.c1ccc(N2CCNCC2)nc1. The van der Waals surface area contributed by atoms with E-state index in [1.807, 2.05) is 57.3 Å². The summed E-state index contributed by atoms with van der Waals surface area (Å²) in [5.41, 5.74) is -0.435. The average molecular weight is 463 g/mol. The summed E-state index contributed by atoms with van der Waals surface area (Å²) in [6.45, 7) is 12.8. The minimum atomic E-state index is -0.435. The predicted octanol–water partition coefficient (Wildman–Crippen LogP) is 3.05. The Balaban J connectivity index is 0.000000241. The number of carbonyl (C=O) groups excluding carboxylic acids is 1. The van der Waals surface area contributed by atoms with Gasteiger partial charge in [0.05, 0.1) is 0 Å². The summed E-state index contributed by atoms with van der Waals surface area (Å²) >= 11 is 0. The van der Waals surface area contributed by atoms with E-state index in [4.69, 9.17) is 4.74 Å². The first kappa shape index (κ1) is 25.7. The van der Waals surface area contributed by atoms with E-state index in [2.05, 4.69) is 31.2 Å². The number of nitrogens with one attached hydrogen (secondary N) is 1. The second kappa shape index (κ2) is 12.5. The Morgan fingerprint density at radius 1 is 0.844 bits per heavy atom. The van der Waals surface area contributed by atoms with Gasteiger partial charge in [-0.15, -0.1) is 12.4 Å². The molecule has 32 heavy (non-hydrogen) atoms. The number of amides is 1. The minimum Gasteiger partial charge on any atom is -0.444 e. The molecule has 2 aromatic rings. The number of carbonyl (C=O) groups is 1. The van der Waals surface area contributed by atoms with Crippen LogP contribution < -0.4 is 15.1 Å². The number of pyridine rings is 2. The van der Waals surface area contributed by atoms with Crippen molar-refractivity contribution in [2.45, 2.75) is 26.4 Å². The van der Waals surface area contributed by atoms with Crippen molar-refractivity contribution in [1.82, 2.24) is 20.2 Å². The van der Waals surface area contributed by atoms with Crippen LogP contribution in [0.25, 0.3) is 0 Å². The largest absolute Gasteiger partial charge is 0.444 e. The van der Waals surface area contributed by atoms with Crippen molar-refractivity contribution in [2.75, 3.05) is 62.2 Å². The first-order valence-electron chi connectivity index (χ1n) is 10.9. The van der Waals surface area contributed by atoms with E-state index in [-0.39, 0.29) is 18.5 Å². The summed E-state index contributed by atoms with van der Waals surface area (Å²) in [5, 5.41) is 3.32. The summed E-state index contributed by atoms with van der Waals surface area (Å²) in [5.74, 6) is 2.06. The molecular formula is C23H35ClN6O2. The summed E-state index contributed by atoms with van der Waals surface area (Å²) in [4.78, 5) is 26.8. The Kier molecular flexibility index (Phi) is 9.99. The number of anilines is 2. The van der Waals surface area contributed by atoms with Crippen molar-refractivity contribution >= 4 is 30.1 Å². The molecule has 2 aliphatic heterocycles. The molecule has 2 aliphatic rings. The lowest BCUT2D eigenvalue weighted by atomic mass is 10.2. The fourth-order valence-corrected chi connectivity index (χ4v) is 3.42. The Morgan fingerprint density at radius 2 is 1.34 bits per heavy atom. The van der Waals surface area contributed by atoms with Crippen LogP contribution in [0.3, 0.4) is 0 Å². The van der Waals surface area contributed by atoms with Crippen LogP contribution in [0.2, 0.25) is 0 Å². The molecule has 0 bridgehead atoms. The lowest BCUT2D eigenvalue weighted by Gasteiger charge is -2.36. The third kappa shape index (κ3) is 8.16. The summed E-state index contributed by atoms with van der Waals surface area (Å²) in [7, 11) is 0. The van der Waals surface area contributed by atoms with Crippen LogP contribution in [0.4, 0.5) is 16.4 Å². The molecular weight excluding hydrogens is 428 g/mol. The lowest BCUT2D eigenvalue weighted by molar-refractivity contribution is 0.0240.